The molecule has 0 saturated carbocycles. The van der Waals surface area contributed by atoms with E-state index in [0.29, 0.717) is 11.3 Å². The van der Waals surface area contributed by atoms with Gasteiger partial charge < -0.3 is 10.1 Å². The number of benzene rings is 1. The summed E-state index contributed by atoms with van der Waals surface area (Å²) in [6, 6.07) is 11.9. The fourth-order valence-corrected chi connectivity index (χ4v) is 2.47. The Morgan fingerprint density at radius 2 is 1.96 bits per heavy atom. The summed E-state index contributed by atoms with van der Waals surface area (Å²) < 4.78 is 4.69. The van der Waals surface area contributed by atoms with E-state index >= 15 is 0 Å². The van der Waals surface area contributed by atoms with Crippen LogP contribution in [0, 0.1) is 10.1 Å². The van der Waals surface area contributed by atoms with Gasteiger partial charge in [-0.15, -0.1) is 0 Å². The third-order valence-electron chi connectivity index (χ3n) is 3.78. The summed E-state index contributed by atoms with van der Waals surface area (Å²) in [5.41, 5.74) is 2.51. The van der Waals surface area contributed by atoms with E-state index in [1.165, 1.54) is 31.6 Å². The van der Waals surface area contributed by atoms with Crippen molar-refractivity contribution in [3.05, 3.63) is 87.9 Å². The first-order chi connectivity index (χ1) is 13.6. The molecule has 8 heteroatoms. The first-order valence-electron chi connectivity index (χ1n) is 8.25. The van der Waals surface area contributed by atoms with E-state index in [2.05, 4.69) is 20.0 Å². The molecular weight excluding hydrogens is 360 g/mol. The Morgan fingerprint density at radius 3 is 2.75 bits per heavy atom. The fraction of sp³-hybridized carbons (Fsp3) is 0.0500. The fourth-order valence-electron chi connectivity index (χ4n) is 2.47. The molecule has 0 fully saturated rings. The average molecular weight is 376 g/mol. The van der Waals surface area contributed by atoms with Crippen LogP contribution in [0.1, 0.15) is 21.5 Å². The Morgan fingerprint density at radius 1 is 1.14 bits per heavy atom. The molecule has 0 saturated heterocycles. The summed E-state index contributed by atoms with van der Waals surface area (Å²) in [7, 11) is 1.31. The molecule has 0 amide bonds. The number of nitro groups is 1. The number of hydrogen-bond acceptors (Lipinski definition) is 7. The van der Waals surface area contributed by atoms with Crippen molar-refractivity contribution in [1.29, 1.82) is 0 Å². The van der Waals surface area contributed by atoms with Gasteiger partial charge in [0.15, 0.2) is 0 Å². The number of nitrogens with zero attached hydrogens (tertiary/aromatic N) is 3. The van der Waals surface area contributed by atoms with E-state index in [1.807, 2.05) is 30.4 Å². The van der Waals surface area contributed by atoms with Crippen molar-refractivity contribution in [2.24, 2.45) is 0 Å². The number of aromatic nitrogens is 2. The number of nitrogens with one attached hydrogen (secondary N) is 1. The summed E-state index contributed by atoms with van der Waals surface area (Å²) in [4.78, 5) is 30.3. The molecule has 2 heterocycles. The number of esters is 1. The third kappa shape index (κ3) is 4.55. The highest BCUT2D eigenvalue weighted by atomic mass is 16.6. The number of rotatable bonds is 6. The van der Waals surface area contributed by atoms with E-state index < -0.39 is 10.9 Å². The maximum Gasteiger partial charge on any atom is 0.339 e. The highest BCUT2D eigenvalue weighted by molar-refractivity contribution is 5.90. The van der Waals surface area contributed by atoms with Crippen molar-refractivity contribution in [2.75, 3.05) is 12.4 Å². The molecule has 28 heavy (non-hydrogen) atoms. The Hall–Kier alpha value is -4.07. The molecule has 0 aliphatic heterocycles. The predicted octanol–water partition coefficient (Wildman–Crippen LogP) is 4.09. The molecule has 3 aromatic rings. The lowest BCUT2D eigenvalue weighted by atomic mass is 10.1. The van der Waals surface area contributed by atoms with Gasteiger partial charge in [0.25, 0.3) is 0 Å². The minimum Gasteiger partial charge on any atom is -0.465 e. The van der Waals surface area contributed by atoms with Crippen molar-refractivity contribution in [3.8, 4) is 0 Å². The topological polar surface area (TPSA) is 107 Å². The zero-order valence-corrected chi connectivity index (χ0v) is 14.9. The standard InChI is InChI=1S/C20H16N4O4/c1-28-20(25)16-10-15(12-21-13-16)8-7-14-4-2-5-17(11-14)23-19-18(24(26)27)6-3-9-22-19/h2-13H,1H3,(H,22,23). The molecule has 2 aromatic heterocycles. The summed E-state index contributed by atoms with van der Waals surface area (Å²) in [5.74, 6) is -0.283. The second-order valence-corrected chi connectivity index (χ2v) is 5.71. The van der Waals surface area contributed by atoms with Crippen molar-refractivity contribution < 1.29 is 14.5 Å². The van der Waals surface area contributed by atoms with Gasteiger partial charge in [0, 0.05) is 30.3 Å². The SMILES string of the molecule is COC(=O)c1cncc(C=Cc2cccc(Nc3ncccc3[N+](=O)[O-])c2)c1. The van der Waals surface area contributed by atoms with Gasteiger partial charge in [0.2, 0.25) is 5.82 Å². The van der Waals surface area contributed by atoms with Gasteiger partial charge in [-0.3, -0.25) is 15.1 Å². The van der Waals surface area contributed by atoms with Gasteiger partial charge in [-0.2, -0.15) is 0 Å². The molecule has 1 N–H and O–H groups in total. The van der Waals surface area contributed by atoms with Crippen molar-refractivity contribution >= 4 is 35.3 Å². The monoisotopic (exact) mass is 376 g/mol. The lowest BCUT2D eigenvalue weighted by molar-refractivity contribution is -0.384. The van der Waals surface area contributed by atoms with Gasteiger partial charge in [0.05, 0.1) is 17.6 Å². The molecule has 0 radical (unpaired) electrons. The second-order valence-electron chi connectivity index (χ2n) is 5.71. The van der Waals surface area contributed by atoms with E-state index in [0.717, 1.165) is 11.1 Å². The highest BCUT2D eigenvalue weighted by Gasteiger charge is 2.14. The molecule has 0 atom stereocenters. The second kappa shape index (κ2) is 8.54. The summed E-state index contributed by atoms with van der Waals surface area (Å²) >= 11 is 0. The average Bonchev–Trinajstić information content (AvgIpc) is 2.72. The van der Waals surface area contributed by atoms with E-state index in [-0.39, 0.29) is 11.5 Å². The zero-order chi connectivity index (χ0) is 19.9. The third-order valence-corrected chi connectivity index (χ3v) is 3.78. The van der Waals surface area contributed by atoms with Gasteiger partial charge in [-0.05, 0) is 35.4 Å². The molecule has 0 spiro atoms. The summed E-state index contributed by atoms with van der Waals surface area (Å²) in [5, 5.41) is 14.1. The largest absolute Gasteiger partial charge is 0.465 e. The van der Waals surface area contributed by atoms with Crippen molar-refractivity contribution in [1.82, 2.24) is 9.97 Å². The van der Waals surface area contributed by atoms with Gasteiger partial charge in [-0.25, -0.2) is 9.78 Å². The lowest BCUT2D eigenvalue weighted by Crippen LogP contribution is -2.01. The molecule has 0 bridgehead atoms. The number of pyridine rings is 2. The molecule has 8 nitrogen and oxygen atoms in total. The van der Waals surface area contributed by atoms with Crippen LogP contribution in [-0.2, 0) is 4.74 Å². The Balaban J connectivity index is 1.80. The zero-order valence-electron chi connectivity index (χ0n) is 14.9. The first kappa shape index (κ1) is 18.7. The van der Waals surface area contributed by atoms with Crippen LogP contribution in [0.15, 0.2) is 61.1 Å². The Kier molecular flexibility index (Phi) is 5.71. The molecule has 0 unspecified atom stereocenters. The minimum absolute atomic E-state index is 0.103. The summed E-state index contributed by atoms with van der Waals surface area (Å²) in [6.07, 6.45) is 8.20. The van der Waals surface area contributed by atoms with Gasteiger partial charge in [-0.1, -0.05) is 24.3 Å². The van der Waals surface area contributed by atoms with Crippen LogP contribution in [-0.4, -0.2) is 28.0 Å². The molecule has 0 aliphatic rings. The van der Waals surface area contributed by atoms with Crippen LogP contribution in [0.5, 0.6) is 0 Å². The van der Waals surface area contributed by atoms with E-state index in [4.69, 9.17) is 0 Å². The molecular formula is C20H16N4O4. The molecule has 1 aromatic carbocycles. The highest BCUT2D eigenvalue weighted by Crippen LogP contribution is 2.25. The lowest BCUT2D eigenvalue weighted by Gasteiger charge is -2.06. The predicted molar refractivity (Wildman–Crippen MR) is 105 cm³/mol. The quantitative estimate of drug-likeness (QED) is 0.392. The number of methoxy groups -OCH3 is 1. The minimum atomic E-state index is -0.486. The van der Waals surface area contributed by atoms with Crippen LogP contribution in [0.3, 0.4) is 0 Å². The van der Waals surface area contributed by atoms with Crippen LogP contribution < -0.4 is 5.32 Å². The molecule has 0 aliphatic carbocycles. The number of ether oxygens (including phenoxy) is 1. The number of carbonyl (C=O) groups excluding carboxylic acids is 1. The maximum atomic E-state index is 11.6. The Bertz CT molecular complexity index is 1050. The van der Waals surface area contributed by atoms with Crippen LogP contribution >= 0.6 is 0 Å². The maximum absolute atomic E-state index is 11.6. The smallest absolute Gasteiger partial charge is 0.339 e. The normalized spacial score (nSPS) is 10.6. The molecule has 3 rings (SSSR count). The van der Waals surface area contributed by atoms with Crippen molar-refractivity contribution in [2.45, 2.75) is 0 Å². The first-order valence-corrected chi connectivity index (χ1v) is 8.25. The van der Waals surface area contributed by atoms with Crippen molar-refractivity contribution in [3.63, 3.8) is 0 Å². The van der Waals surface area contributed by atoms with Crippen LogP contribution in [0.4, 0.5) is 17.2 Å². The summed E-state index contributed by atoms with van der Waals surface area (Å²) in [6.45, 7) is 0. The number of carbonyl (C=O) groups is 1. The van der Waals surface area contributed by atoms with Crippen LogP contribution in [0.25, 0.3) is 12.2 Å². The number of anilines is 2. The van der Waals surface area contributed by atoms with Crippen LogP contribution in [0.2, 0.25) is 0 Å². The van der Waals surface area contributed by atoms with Gasteiger partial charge >= 0.3 is 11.7 Å². The van der Waals surface area contributed by atoms with E-state index in [9.17, 15) is 14.9 Å². The number of hydrogen-bond donors (Lipinski definition) is 1. The Labute approximate surface area is 160 Å². The molecule has 140 valence electrons. The van der Waals surface area contributed by atoms with E-state index in [1.54, 1.807) is 18.3 Å². The van der Waals surface area contributed by atoms with Gasteiger partial charge in [0.1, 0.15) is 0 Å².